The molecule has 0 fully saturated rings. The van der Waals surface area contributed by atoms with Crippen LogP contribution in [0.4, 0.5) is 0 Å². The van der Waals surface area contributed by atoms with Gasteiger partial charge in [0.1, 0.15) is 0 Å². The summed E-state index contributed by atoms with van der Waals surface area (Å²) in [5.74, 6) is 0. The monoisotopic (exact) mass is 1870 g/mol. The quantitative estimate of drug-likeness (QED) is 0.124. The van der Waals surface area contributed by atoms with Crippen LogP contribution in [0.2, 0.25) is 0 Å². The van der Waals surface area contributed by atoms with Gasteiger partial charge in [0.15, 0.2) is 0 Å². The summed E-state index contributed by atoms with van der Waals surface area (Å²) in [4.78, 5) is 0. The molecular formula is C138H89N9. The van der Waals surface area contributed by atoms with E-state index in [0.717, 1.165) is 45.5 Å². The molecule has 0 radical (unpaired) electrons. The third-order valence-electron chi connectivity index (χ3n) is 30.7. The minimum absolute atomic E-state index is 1.14. The van der Waals surface area contributed by atoms with Crippen LogP contribution in [-0.2, 0) is 0 Å². The van der Waals surface area contributed by atoms with Gasteiger partial charge >= 0.3 is 0 Å². The van der Waals surface area contributed by atoms with Crippen molar-refractivity contribution < 1.29 is 0 Å². The van der Waals surface area contributed by atoms with Crippen LogP contribution in [-0.4, -0.2) is 41.1 Å². The van der Waals surface area contributed by atoms with Crippen LogP contribution in [0.3, 0.4) is 0 Å². The van der Waals surface area contributed by atoms with Crippen LogP contribution in [0.25, 0.3) is 270 Å². The minimum Gasteiger partial charge on any atom is -0.309 e. The first kappa shape index (κ1) is 83.1. The van der Waals surface area contributed by atoms with E-state index in [1.807, 2.05) is 0 Å². The third kappa shape index (κ3) is 12.9. The molecule has 0 aliphatic carbocycles. The van der Waals surface area contributed by atoms with Crippen molar-refractivity contribution in [2.24, 2.45) is 0 Å². The number of para-hydroxylation sites is 13. The van der Waals surface area contributed by atoms with Crippen LogP contribution in [0.5, 0.6) is 0 Å². The van der Waals surface area contributed by atoms with E-state index in [0.29, 0.717) is 0 Å². The Labute approximate surface area is 844 Å². The standard InChI is InChI=1S/2C48H31N3.C42H27N3/c1-3-14-32(15-4-1)33-16-13-19-35(30-33)50-44-25-12-9-22-41(44)47-45(50)29-28-40-38-21-8-11-24-43(38)51(48(40)47)36-26-27-39-37-20-7-10-23-42(37)49(46(39)31-36)34-17-5-2-6-18-34;1-3-13-32(14-4-1)33-23-25-35(26-24-33)50-42-20-10-7-17-37(42)39-28-27-36(31-46(39)50)51-43-21-11-8-18-38(43)40-29-30-45-47(48(40)51)41-19-9-12-22-44(41)49(45)34-15-5-2-6-16-34;1-3-13-28(14-4-1)43-38-22-12-9-19-35(38)41-39(43)26-25-34-32-18-8-11-21-37(32)45(42(34)41)30-23-24-33-31-17-7-10-20-36(31)44(40(33)27-30)29-15-5-2-6-16-29/h2*1-31H;1-27H. The summed E-state index contributed by atoms with van der Waals surface area (Å²) >= 11 is 0. The molecule has 23 aromatic carbocycles. The second-order valence-corrected chi connectivity index (χ2v) is 38.5. The summed E-state index contributed by atoms with van der Waals surface area (Å²) in [6.07, 6.45) is 0. The summed E-state index contributed by atoms with van der Waals surface area (Å²) in [5.41, 5.74) is 37.0. The lowest BCUT2D eigenvalue weighted by Gasteiger charge is -2.13. The van der Waals surface area contributed by atoms with Crippen LogP contribution < -0.4 is 0 Å². The lowest BCUT2D eigenvalue weighted by Crippen LogP contribution is -1.97. The van der Waals surface area contributed by atoms with Crippen molar-refractivity contribution >= 4 is 196 Å². The van der Waals surface area contributed by atoms with E-state index in [9.17, 15) is 0 Å². The van der Waals surface area contributed by atoms with Crippen molar-refractivity contribution in [1.82, 2.24) is 41.1 Å². The van der Waals surface area contributed by atoms with Gasteiger partial charge in [-0.25, -0.2) is 0 Å². The highest BCUT2D eigenvalue weighted by Crippen LogP contribution is 2.50. The maximum absolute atomic E-state index is 2.50. The number of hydrogen-bond donors (Lipinski definition) is 0. The first-order chi connectivity index (χ1) is 73.0. The molecule has 0 saturated carbocycles. The van der Waals surface area contributed by atoms with E-state index in [4.69, 9.17) is 0 Å². The molecule has 0 aliphatic rings. The molecule has 0 saturated heterocycles. The Kier molecular flexibility index (Phi) is 18.9. The first-order valence-electron chi connectivity index (χ1n) is 50.5. The van der Waals surface area contributed by atoms with E-state index in [-0.39, 0.29) is 0 Å². The molecule has 686 valence electrons. The smallest absolute Gasteiger partial charge is 0.0641 e. The van der Waals surface area contributed by atoms with E-state index in [2.05, 4.69) is 581 Å². The van der Waals surface area contributed by atoms with Gasteiger partial charge < -0.3 is 41.1 Å². The maximum atomic E-state index is 2.50. The summed E-state index contributed by atoms with van der Waals surface area (Å²) in [6, 6.07) is 196. The zero-order valence-electron chi connectivity index (χ0n) is 79.9. The van der Waals surface area contributed by atoms with Gasteiger partial charge in [0.25, 0.3) is 0 Å². The molecule has 0 N–H and O–H groups in total. The van der Waals surface area contributed by atoms with Gasteiger partial charge in [-0.2, -0.15) is 0 Å². The van der Waals surface area contributed by atoms with Gasteiger partial charge in [0.2, 0.25) is 0 Å². The number of nitrogens with zero attached hydrogens (tertiary/aromatic N) is 9. The van der Waals surface area contributed by atoms with Crippen molar-refractivity contribution in [1.29, 1.82) is 0 Å². The number of hydrogen-bond acceptors (Lipinski definition) is 0. The predicted molar refractivity (Wildman–Crippen MR) is 619 cm³/mol. The molecule has 147 heavy (non-hydrogen) atoms. The van der Waals surface area contributed by atoms with Crippen LogP contribution in [0.15, 0.2) is 540 Å². The fraction of sp³-hybridized carbons (Fsp3) is 0. The molecule has 0 bridgehead atoms. The molecule has 0 aliphatic heterocycles. The van der Waals surface area contributed by atoms with Gasteiger partial charge in [0.05, 0.1) is 99.3 Å². The average Bonchev–Trinajstić information content (AvgIpc) is 1.55. The third-order valence-corrected chi connectivity index (χ3v) is 30.7. The van der Waals surface area contributed by atoms with Crippen molar-refractivity contribution in [3.8, 4) is 73.4 Å². The van der Waals surface area contributed by atoms with Crippen LogP contribution in [0.1, 0.15) is 0 Å². The zero-order chi connectivity index (χ0) is 96.4. The molecule has 9 nitrogen and oxygen atoms in total. The lowest BCUT2D eigenvalue weighted by atomic mass is 10.1. The van der Waals surface area contributed by atoms with E-state index in [1.165, 1.54) is 224 Å². The Morgan fingerprint density at radius 1 is 0.0884 bits per heavy atom. The molecule has 9 aromatic heterocycles. The molecule has 0 unspecified atom stereocenters. The summed E-state index contributed by atoms with van der Waals surface area (Å²) in [5, 5.41) is 22.6. The van der Waals surface area contributed by atoms with E-state index in [1.54, 1.807) is 0 Å². The number of aromatic nitrogens is 9. The summed E-state index contributed by atoms with van der Waals surface area (Å²) < 4.78 is 22.0. The SMILES string of the molecule is c1ccc(-c2ccc(-n3c4ccccc4c4ccc(-n5c6ccccc6c6ccc7c(c8ccccc8n7-c7ccccc7)c65)cc43)cc2)cc1.c1ccc(-c2cccc(-n3c4ccccc4c4c3ccc3c5ccccc5n(-c5ccc6c7ccccc7n(-c7ccccc7)c6c5)c34)c2)cc1.c1ccc(-n2c3ccccc3c3ccc(-n4c5ccccc5c5ccc6c(c7ccccc7n6-c6ccccc6)c54)cc32)cc1. The van der Waals surface area contributed by atoms with Crippen molar-refractivity contribution in [2.45, 2.75) is 0 Å². The average molecular weight is 1870 g/mol. The topological polar surface area (TPSA) is 44.4 Å². The van der Waals surface area contributed by atoms with Crippen LogP contribution in [0, 0.1) is 0 Å². The highest BCUT2D eigenvalue weighted by Gasteiger charge is 2.29. The van der Waals surface area contributed by atoms with E-state index < -0.39 is 0 Å². The summed E-state index contributed by atoms with van der Waals surface area (Å²) in [6.45, 7) is 0. The van der Waals surface area contributed by atoms with Crippen molar-refractivity contribution in [3.05, 3.63) is 540 Å². The normalized spacial score (nSPS) is 11.9. The van der Waals surface area contributed by atoms with Crippen LogP contribution >= 0.6 is 0 Å². The predicted octanol–water partition coefficient (Wildman–Crippen LogP) is 36.3. The largest absolute Gasteiger partial charge is 0.309 e. The molecule has 32 rings (SSSR count). The molecule has 32 aromatic rings. The highest BCUT2D eigenvalue weighted by atomic mass is 15.1. The molecule has 0 atom stereocenters. The Balaban J connectivity index is 0.000000102. The first-order valence-corrected chi connectivity index (χ1v) is 50.5. The van der Waals surface area contributed by atoms with Crippen molar-refractivity contribution in [3.63, 3.8) is 0 Å². The van der Waals surface area contributed by atoms with E-state index >= 15 is 0 Å². The number of rotatable bonds is 11. The van der Waals surface area contributed by atoms with Gasteiger partial charge in [-0.3, -0.25) is 0 Å². The number of fused-ring (bicyclic) bond motifs is 30. The molecule has 0 spiro atoms. The molecule has 0 amide bonds. The minimum atomic E-state index is 1.14. The van der Waals surface area contributed by atoms with Gasteiger partial charge in [-0.05, 0) is 204 Å². The maximum Gasteiger partial charge on any atom is 0.0641 e. The van der Waals surface area contributed by atoms with Gasteiger partial charge in [0, 0.05) is 148 Å². The summed E-state index contributed by atoms with van der Waals surface area (Å²) in [7, 11) is 0. The second kappa shape index (κ2) is 33.5. The fourth-order valence-electron chi connectivity index (χ4n) is 24.5. The van der Waals surface area contributed by atoms with Gasteiger partial charge in [-0.1, -0.05) is 358 Å². The zero-order valence-corrected chi connectivity index (χ0v) is 79.9. The fourth-order valence-corrected chi connectivity index (χ4v) is 24.5. The Bertz CT molecular complexity index is 10900. The second-order valence-electron chi connectivity index (χ2n) is 38.5. The number of benzene rings is 23. The highest BCUT2D eigenvalue weighted by molar-refractivity contribution is 6.30. The molecule has 9 heteroatoms. The Morgan fingerprint density at radius 3 is 0.578 bits per heavy atom. The molecular weight excluding hydrogens is 1780 g/mol. The van der Waals surface area contributed by atoms with Crippen molar-refractivity contribution in [2.75, 3.05) is 0 Å². The molecule has 9 heterocycles. The Morgan fingerprint density at radius 2 is 0.272 bits per heavy atom. The Hall–Kier alpha value is -19.7. The van der Waals surface area contributed by atoms with Gasteiger partial charge in [-0.15, -0.1) is 0 Å². The lowest BCUT2D eigenvalue weighted by molar-refractivity contribution is 1.16.